The molecular weight excluding hydrogens is 230 g/mol. The number of rotatable bonds is 1. The number of carbonyl (C=O) groups is 1. The van der Waals surface area contributed by atoms with E-state index in [0.29, 0.717) is 0 Å². The monoisotopic (exact) mass is 237 g/mol. The Morgan fingerprint density at radius 2 is 1.64 bits per heavy atom. The second-order valence-electron chi connectivity index (χ2n) is 2.11. The molecule has 0 aliphatic carbocycles. The first-order valence-corrected chi connectivity index (χ1v) is 5.22. The molecule has 0 bridgehead atoms. The molecule has 0 aliphatic rings. The van der Waals surface area contributed by atoms with E-state index in [1.165, 1.54) is 12.1 Å². The predicted molar refractivity (Wildman–Crippen MR) is 51.7 cm³/mol. The molecule has 0 atom stereocenters. The van der Waals surface area contributed by atoms with Crippen molar-refractivity contribution in [1.82, 2.24) is 0 Å². The molecule has 0 aromatic heterocycles. The Bertz CT molecular complexity index is 385. The van der Waals surface area contributed by atoms with E-state index < -0.39 is 15.5 Å². The molecule has 0 radical (unpaired) electrons. The molecular formula is C7H8ClNO4S. The van der Waals surface area contributed by atoms with E-state index in [1.54, 1.807) is 18.2 Å². The lowest BCUT2D eigenvalue weighted by molar-refractivity contribution is 0.220. The van der Waals surface area contributed by atoms with Crippen LogP contribution in [0.2, 0.25) is 0 Å². The van der Waals surface area contributed by atoms with Crippen molar-refractivity contribution < 1.29 is 18.3 Å². The fraction of sp³-hybridized carbons (Fsp3) is 0. The third-order valence-corrected chi connectivity index (χ3v) is 2.00. The lowest BCUT2D eigenvalue weighted by Gasteiger charge is -1.93. The number of benzene rings is 1. The molecule has 78 valence electrons. The third kappa shape index (κ3) is 6.41. The Hall–Kier alpha value is -1.11. The second kappa shape index (κ2) is 5.58. The van der Waals surface area contributed by atoms with Crippen LogP contribution >= 0.6 is 11.6 Å². The Labute approximate surface area is 86.2 Å². The molecule has 14 heavy (non-hydrogen) atoms. The molecule has 5 nitrogen and oxygen atoms in total. The second-order valence-corrected chi connectivity index (χ2v) is 4.00. The Balaban J connectivity index is 0.000000364. The highest BCUT2D eigenvalue weighted by Gasteiger charge is 2.03. The maximum absolute atomic E-state index is 10.6. The Morgan fingerprint density at radius 1 is 1.29 bits per heavy atom. The molecule has 7 heteroatoms. The van der Waals surface area contributed by atoms with Gasteiger partial charge in [-0.1, -0.05) is 18.2 Å². The van der Waals surface area contributed by atoms with Crippen molar-refractivity contribution in [1.29, 1.82) is 0 Å². The van der Waals surface area contributed by atoms with Gasteiger partial charge in [0.1, 0.15) is 0 Å². The van der Waals surface area contributed by atoms with Crippen LogP contribution in [0.25, 0.3) is 0 Å². The van der Waals surface area contributed by atoms with Gasteiger partial charge in [-0.05, 0) is 12.1 Å². The number of sulfonamides is 1. The summed E-state index contributed by atoms with van der Waals surface area (Å²) in [6.07, 6.45) is 0. The number of hydrogen-bond acceptors (Lipinski definition) is 3. The zero-order valence-corrected chi connectivity index (χ0v) is 8.49. The van der Waals surface area contributed by atoms with Crippen LogP contribution in [0.1, 0.15) is 0 Å². The van der Waals surface area contributed by atoms with Crippen molar-refractivity contribution in [2.24, 2.45) is 5.14 Å². The van der Waals surface area contributed by atoms with Gasteiger partial charge in [-0.25, -0.2) is 18.4 Å². The van der Waals surface area contributed by atoms with Crippen molar-refractivity contribution in [2.75, 3.05) is 0 Å². The quantitative estimate of drug-likeness (QED) is 0.718. The highest BCUT2D eigenvalue weighted by Crippen LogP contribution is 2.02. The van der Waals surface area contributed by atoms with Gasteiger partial charge in [-0.2, -0.15) is 0 Å². The van der Waals surface area contributed by atoms with Crippen molar-refractivity contribution >= 4 is 27.1 Å². The molecule has 0 unspecified atom stereocenters. The maximum atomic E-state index is 10.6. The van der Waals surface area contributed by atoms with Crippen LogP contribution in [0.5, 0.6) is 0 Å². The number of nitrogens with two attached hydrogens (primary N) is 1. The average Bonchev–Trinajstić information content (AvgIpc) is 2.03. The van der Waals surface area contributed by atoms with E-state index in [4.69, 9.17) is 15.0 Å². The van der Waals surface area contributed by atoms with Crippen LogP contribution in [-0.2, 0) is 10.0 Å². The normalized spacial score (nSPS) is 9.86. The van der Waals surface area contributed by atoms with E-state index in [1.807, 2.05) is 0 Å². The maximum Gasteiger partial charge on any atom is 0.401 e. The van der Waals surface area contributed by atoms with Crippen LogP contribution in [0.15, 0.2) is 35.2 Å². The minimum Gasteiger partial charge on any atom is -0.469 e. The van der Waals surface area contributed by atoms with Gasteiger partial charge in [0, 0.05) is 11.6 Å². The summed E-state index contributed by atoms with van der Waals surface area (Å²) in [6, 6.07) is 7.89. The number of carboxylic acid groups (broad SMARTS) is 1. The van der Waals surface area contributed by atoms with Gasteiger partial charge in [0.15, 0.2) is 0 Å². The zero-order valence-electron chi connectivity index (χ0n) is 6.92. The average molecular weight is 238 g/mol. The summed E-state index contributed by atoms with van der Waals surface area (Å²) in [6.45, 7) is 0. The molecule has 0 amide bonds. The van der Waals surface area contributed by atoms with E-state index >= 15 is 0 Å². The molecule has 0 aliphatic heterocycles. The molecule has 1 aromatic rings. The smallest absolute Gasteiger partial charge is 0.401 e. The summed E-state index contributed by atoms with van der Waals surface area (Å²) in [5.41, 5.74) is -1.36. The zero-order chi connectivity index (χ0) is 11.2. The Morgan fingerprint density at radius 3 is 1.86 bits per heavy atom. The first kappa shape index (κ1) is 12.9. The van der Waals surface area contributed by atoms with Crippen LogP contribution < -0.4 is 5.14 Å². The van der Waals surface area contributed by atoms with Gasteiger partial charge in [0.2, 0.25) is 10.0 Å². The van der Waals surface area contributed by atoms with Gasteiger partial charge >= 0.3 is 5.43 Å². The van der Waals surface area contributed by atoms with Crippen LogP contribution in [0.3, 0.4) is 0 Å². The standard InChI is InChI=1S/C6H7NO2S.CHClO2/c7-10(8,9)6-4-2-1-3-5-6;2-1(3)4/h1-5H,(H2,7,8,9);(H,3,4). The molecule has 0 spiro atoms. The molecule has 0 saturated heterocycles. The van der Waals surface area contributed by atoms with E-state index in [-0.39, 0.29) is 4.90 Å². The van der Waals surface area contributed by atoms with Crippen molar-refractivity contribution in [3.8, 4) is 0 Å². The van der Waals surface area contributed by atoms with Crippen LogP contribution in [0.4, 0.5) is 4.79 Å². The summed E-state index contributed by atoms with van der Waals surface area (Å²) in [7, 11) is -3.50. The fourth-order valence-corrected chi connectivity index (χ4v) is 1.15. The summed E-state index contributed by atoms with van der Waals surface area (Å²) in [5.74, 6) is 0. The minimum atomic E-state index is -3.50. The highest BCUT2D eigenvalue weighted by molar-refractivity contribution is 7.89. The van der Waals surface area contributed by atoms with E-state index in [0.717, 1.165) is 0 Å². The fourth-order valence-electron chi connectivity index (χ4n) is 0.610. The molecule has 0 saturated carbocycles. The van der Waals surface area contributed by atoms with Gasteiger partial charge in [-0.15, -0.1) is 0 Å². The van der Waals surface area contributed by atoms with Crippen molar-refractivity contribution in [3.05, 3.63) is 30.3 Å². The van der Waals surface area contributed by atoms with Gasteiger partial charge in [-0.3, -0.25) is 0 Å². The predicted octanol–water partition coefficient (Wildman–Crippen LogP) is 1.24. The van der Waals surface area contributed by atoms with Gasteiger partial charge in [0.25, 0.3) is 0 Å². The first-order chi connectivity index (χ1) is 6.34. The highest BCUT2D eigenvalue weighted by atomic mass is 35.5. The topological polar surface area (TPSA) is 97.5 Å². The summed E-state index contributed by atoms with van der Waals surface area (Å²) >= 11 is 4.19. The minimum absolute atomic E-state index is 0.148. The van der Waals surface area contributed by atoms with Gasteiger partial charge < -0.3 is 5.11 Å². The van der Waals surface area contributed by atoms with Crippen molar-refractivity contribution in [2.45, 2.75) is 4.90 Å². The summed E-state index contributed by atoms with van der Waals surface area (Å²) in [4.78, 5) is 8.91. The molecule has 0 fully saturated rings. The summed E-state index contributed by atoms with van der Waals surface area (Å²) in [5, 5.41) is 12.0. The molecule has 0 heterocycles. The van der Waals surface area contributed by atoms with Gasteiger partial charge in [0.05, 0.1) is 4.90 Å². The lowest BCUT2D eigenvalue weighted by Crippen LogP contribution is -2.11. The number of halogens is 1. The van der Waals surface area contributed by atoms with E-state index in [2.05, 4.69) is 11.6 Å². The summed E-state index contributed by atoms with van der Waals surface area (Å²) < 4.78 is 21.2. The van der Waals surface area contributed by atoms with Crippen LogP contribution in [0, 0.1) is 0 Å². The first-order valence-electron chi connectivity index (χ1n) is 3.30. The van der Waals surface area contributed by atoms with Crippen LogP contribution in [-0.4, -0.2) is 19.0 Å². The number of primary sulfonamides is 1. The molecule has 3 N–H and O–H groups in total. The third-order valence-electron chi connectivity index (χ3n) is 1.07. The Kier molecular flexibility index (Phi) is 5.14. The van der Waals surface area contributed by atoms with E-state index in [9.17, 15) is 8.42 Å². The molecule has 1 rings (SSSR count). The SMILES string of the molecule is NS(=O)(=O)c1ccccc1.O=C(O)Cl. The molecule has 1 aromatic carbocycles. The largest absolute Gasteiger partial charge is 0.469 e. The number of hydrogen-bond donors (Lipinski definition) is 2. The van der Waals surface area contributed by atoms with Crippen molar-refractivity contribution in [3.63, 3.8) is 0 Å². The lowest BCUT2D eigenvalue weighted by atomic mass is 10.4.